The number of fused-ring (bicyclic) bond motifs is 6. The van der Waals surface area contributed by atoms with Crippen molar-refractivity contribution in [3.05, 3.63) is 192 Å². The van der Waals surface area contributed by atoms with Crippen molar-refractivity contribution in [2.24, 2.45) is 0 Å². The number of nitrogens with zero attached hydrogens (tertiary/aromatic N) is 9. The molecule has 0 bridgehead atoms. The fraction of sp³-hybridized carbons (Fsp3) is 0.273. The summed E-state index contributed by atoms with van der Waals surface area (Å²) < 4.78 is 0. The average Bonchev–Trinajstić information content (AvgIpc) is 3.30. The summed E-state index contributed by atoms with van der Waals surface area (Å²) in [6.07, 6.45) is 5.69. The highest BCUT2D eigenvalue weighted by Gasteiger charge is 2.29. The normalized spacial score (nSPS) is 11.6. The van der Waals surface area contributed by atoms with Crippen LogP contribution >= 0.6 is 0 Å². The molecule has 0 saturated carbocycles. The molecule has 7 aromatic carbocycles. The zero-order chi connectivity index (χ0) is 53.6. The molecule has 378 valence electrons. The standard InChI is InChI=1S/C66H69N9/c1-34-19-40(7)61(41(8)20-34)73(62-42(9)21-35(2)22-43(62)10)52-31-67-55-58(70-52)56-60(72-53(32-68-56)74(63-44(11)23-36(3)24-45(63)12)64-46(13)25-37(4)26-47(64)14)57-59(55)71-54(33-69-57)75(65-48(15)27-38(5)28-49(65)16)66-50(17)29-39(6)30-51(66)18/h19-33H,1-18H3. The molecule has 0 atom stereocenters. The third kappa shape index (κ3) is 8.81. The maximum absolute atomic E-state index is 5.72. The molecule has 0 radical (unpaired) electrons. The van der Waals surface area contributed by atoms with Crippen LogP contribution in [0, 0.1) is 125 Å². The van der Waals surface area contributed by atoms with Gasteiger partial charge in [0.1, 0.15) is 33.1 Å². The number of aryl methyl sites for hydroxylation is 18. The van der Waals surface area contributed by atoms with E-state index >= 15 is 0 Å². The largest absolute Gasteiger partial charge is 0.293 e. The molecule has 0 spiro atoms. The number of anilines is 9. The highest BCUT2D eigenvalue weighted by atomic mass is 15.2. The van der Waals surface area contributed by atoms with Gasteiger partial charge >= 0.3 is 0 Å². The van der Waals surface area contributed by atoms with Crippen LogP contribution < -0.4 is 14.7 Å². The second-order valence-corrected chi connectivity index (χ2v) is 21.8. The van der Waals surface area contributed by atoms with Crippen molar-refractivity contribution in [2.75, 3.05) is 14.7 Å². The monoisotopic (exact) mass is 988 g/mol. The lowest BCUT2D eigenvalue weighted by Gasteiger charge is -2.31. The maximum atomic E-state index is 5.72. The van der Waals surface area contributed by atoms with Crippen molar-refractivity contribution < 1.29 is 0 Å². The molecular formula is C66H69N9. The predicted octanol–water partition coefficient (Wildman–Crippen LogP) is 17.5. The van der Waals surface area contributed by atoms with Crippen LogP contribution in [-0.2, 0) is 0 Å². The molecule has 0 unspecified atom stereocenters. The fourth-order valence-corrected chi connectivity index (χ4v) is 12.7. The molecule has 0 fully saturated rings. The van der Waals surface area contributed by atoms with E-state index in [1.807, 2.05) is 18.6 Å². The number of rotatable bonds is 9. The molecule has 9 nitrogen and oxygen atoms in total. The van der Waals surface area contributed by atoms with Crippen molar-refractivity contribution in [2.45, 2.75) is 125 Å². The Hall–Kier alpha value is -8.04. The molecule has 0 aliphatic heterocycles. The van der Waals surface area contributed by atoms with E-state index in [1.165, 1.54) is 33.4 Å². The molecule has 0 N–H and O–H groups in total. The molecule has 0 saturated heterocycles. The zero-order valence-corrected chi connectivity index (χ0v) is 47.2. The first-order valence-electron chi connectivity index (χ1n) is 26.1. The van der Waals surface area contributed by atoms with Gasteiger partial charge in [0.05, 0.1) is 52.7 Å². The van der Waals surface area contributed by atoms with Crippen molar-refractivity contribution in [3.8, 4) is 0 Å². The van der Waals surface area contributed by atoms with E-state index in [1.54, 1.807) is 0 Å². The molecule has 3 aromatic heterocycles. The lowest BCUT2D eigenvalue weighted by atomic mass is 9.99. The summed E-state index contributed by atoms with van der Waals surface area (Å²) in [5.74, 6) is 2.00. The summed E-state index contributed by atoms with van der Waals surface area (Å²) in [6.45, 7) is 39.1. The van der Waals surface area contributed by atoms with E-state index < -0.39 is 0 Å². The van der Waals surface area contributed by atoms with Gasteiger partial charge in [-0.1, -0.05) is 106 Å². The number of benzene rings is 7. The van der Waals surface area contributed by atoms with Crippen LogP contribution in [0.2, 0.25) is 0 Å². The summed E-state index contributed by atoms with van der Waals surface area (Å²) in [5.41, 5.74) is 30.9. The Kier molecular flexibility index (Phi) is 12.8. The van der Waals surface area contributed by atoms with Crippen molar-refractivity contribution in [3.63, 3.8) is 0 Å². The van der Waals surface area contributed by atoms with Crippen LogP contribution in [0.1, 0.15) is 100 Å². The van der Waals surface area contributed by atoms with Crippen LogP contribution in [0.25, 0.3) is 33.1 Å². The van der Waals surface area contributed by atoms with Gasteiger partial charge in [0, 0.05) is 0 Å². The van der Waals surface area contributed by atoms with Crippen LogP contribution in [-0.4, -0.2) is 29.9 Å². The van der Waals surface area contributed by atoms with Gasteiger partial charge in [0.2, 0.25) is 0 Å². The Morgan fingerprint density at radius 1 is 0.213 bits per heavy atom. The first-order chi connectivity index (χ1) is 35.6. The van der Waals surface area contributed by atoms with Gasteiger partial charge in [0.25, 0.3) is 0 Å². The highest BCUT2D eigenvalue weighted by Crippen LogP contribution is 2.47. The van der Waals surface area contributed by atoms with E-state index in [0.717, 1.165) is 101 Å². The summed E-state index contributed by atoms with van der Waals surface area (Å²) in [5, 5.41) is 0. The van der Waals surface area contributed by atoms with Gasteiger partial charge in [-0.05, 0) is 191 Å². The molecular weight excluding hydrogens is 919 g/mol. The van der Waals surface area contributed by atoms with Gasteiger partial charge in [-0.25, -0.2) is 29.9 Å². The molecule has 3 heterocycles. The maximum Gasteiger partial charge on any atom is 0.157 e. The topological polar surface area (TPSA) is 87.1 Å². The summed E-state index contributed by atoms with van der Waals surface area (Å²) in [6, 6.07) is 27.0. The van der Waals surface area contributed by atoms with E-state index in [9.17, 15) is 0 Å². The van der Waals surface area contributed by atoms with Crippen LogP contribution in [0.15, 0.2) is 91.4 Å². The second kappa shape index (κ2) is 19.0. The van der Waals surface area contributed by atoms with Gasteiger partial charge in [-0.2, -0.15) is 0 Å². The zero-order valence-electron chi connectivity index (χ0n) is 47.2. The minimum Gasteiger partial charge on any atom is -0.293 e. The molecule has 0 aliphatic rings. The lowest BCUT2D eigenvalue weighted by Crippen LogP contribution is -2.19. The van der Waals surface area contributed by atoms with E-state index in [2.05, 4.69) is 212 Å². The van der Waals surface area contributed by atoms with Crippen LogP contribution in [0.4, 0.5) is 51.6 Å². The Morgan fingerprint density at radius 3 is 0.507 bits per heavy atom. The third-order valence-corrected chi connectivity index (χ3v) is 14.8. The quantitative estimate of drug-likeness (QED) is 0.131. The SMILES string of the molecule is Cc1cc(C)c(N(c2cnc3c(n2)c2ncc(N(c4c(C)cc(C)cc4C)c4c(C)cc(C)cc4C)nc2c2ncc(N(c4c(C)cc(C)cc4C)c4c(C)cc(C)cc4C)nc32)c2c(C)cc(C)cc2C)c(C)c1. The van der Waals surface area contributed by atoms with Gasteiger partial charge < -0.3 is 0 Å². The molecule has 0 aliphatic carbocycles. The summed E-state index contributed by atoms with van der Waals surface area (Å²) in [7, 11) is 0. The van der Waals surface area contributed by atoms with Gasteiger partial charge in [0.15, 0.2) is 17.5 Å². The second-order valence-electron chi connectivity index (χ2n) is 21.8. The number of hydrogen-bond acceptors (Lipinski definition) is 9. The Labute approximate surface area is 443 Å². The Balaban J connectivity index is 1.34. The van der Waals surface area contributed by atoms with E-state index in [0.29, 0.717) is 50.6 Å². The molecule has 10 rings (SSSR count). The lowest BCUT2D eigenvalue weighted by molar-refractivity contribution is 1.10. The highest BCUT2D eigenvalue weighted by molar-refractivity contribution is 6.18. The molecule has 10 aromatic rings. The summed E-state index contributed by atoms with van der Waals surface area (Å²) in [4.78, 5) is 40.3. The Bertz CT molecular complexity index is 3260. The minimum absolute atomic E-state index is 0.587. The molecule has 75 heavy (non-hydrogen) atoms. The third-order valence-electron chi connectivity index (χ3n) is 14.8. The first kappa shape index (κ1) is 50.5. The smallest absolute Gasteiger partial charge is 0.157 e. The number of hydrogen-bond donors (Lipinski definition) is 0. The van der Waals surface area contributed by atoms with Crippen LogP contribution in [0.5, 0.6) is 0 Å². The van der Waals surface area contributed by atoms with Crippen molar-refractivity contribution >= 4 is 84.7 Å². The van der Waals surface area contributed by atoms with E-state index in [4.69, 9.17) is 29.9 Å². The minimum atomic E-state index is 0.587. The van der Waals surface area contributed by atoms with Crippen molar-refractivity contribution in [1.29, 1.82) is 0 Å². The Morgan fingerprint density at radius 2 is 0.360 bits per heavy atom. The first-order valence-corrected chi connectivity index (χ1v) is 26.1. The molecule has 0 amide bonds. The summed E-state index contributed by atoms with van der Waals surface area (Å²) >= 11 is 0. The predicted molar refractivity (Wildman–Crippen MR) is 315 cm³/mol. The van der Waals surface area contributed by atoms with Gasteiger partial charge in [-0.15, -0.1) is 0 Å². The van der Waals surface area contributed by atoms with E-state index in [-0.39, 0.29) is 0 Å². The fourth-order valence-electron chi connectivity index (χ4n) is 12.7. The van der Waals surface area contributed by atoms with Crippen molar-refractivity contribution in [1.82, 2.24) is 29.9 Å². The molecule has 9 heteroatoms. The average molecular weight is 988 g/mol. The van der Waals surface area contributed by atoms with Gasteiger partial charge in [-0.3, -0.25) is 14.7 Å². The van der Waals surface area contributed by atoms with Crippen LogP contribution in [0.3, 0.4) is 0 Å². The number of aromatic nitrogens is 6.